The number of phenols is 1. The molecule has 0 saturated heterocycles. The number of fused-ring (bicyclic) bond motifs is 1. The topological polar surface area (TPSA) is 74.9 Å². The van der Waals surface area contributed by atoms with Crippen LogP contribution in [0.3, 0.4) is 0 Å². The molecule has 1 heterocycles. The zero-order valence-corrected chi connectivity index (χ0v) is 10.9. The van der Waals surface area contributed by atoms with Gasteiger partial charge in [-0.3, -0.25) is 0 Å². The molecule has 1 aromatic heterocycles. The van der Waals surface area contributed by atoms with Gasteiger partial charge in [0.05, 0.1) is 16.6 Å². The smallest absolute Gasteiger partial charge is 0.142 e. The maximum Gasteiger partial charge on any atom is 0.142 e. The number of aromatic amines is 1. The van der Waals surface area contributed by atoms with E-state index < -0.39 is 0 Å². The summed E-state index contributed by atoms with van der Waals surface area (Å²) in [6.45, 7) is 4.08. The van der Waals surface area contributed by atoms with E-state index in [9.17, 15) is 5.11 Å². The summed E-state index contributed by atoms with van der Waals surface area (Å²) in [5.74, 6) is 0.787. The van der Waals surface area contributed by atoms with E-state index in [2.05, 4.69) is 16.0 Å². The van der Waals surface area contributed by atoms with Gasteiger partial charge in [0.15, 0.2) is 0 Å². The highest BCUT2D eigenvalue weighted by atomic mass is 16.3. The lowest BCUT2D eigenvalue weighted by Crippen LogP contribution is -1.86. The number of nitrogens with one attached hydrogen (secondary N) is 1. The standard InChI is InChI=1S/C15H15N3O/c1-8-5-9(2)14-12(6-8)17-15(18-14)11-4-3-10(16)7-13(11)19/h3-7,19H,16H2,1-2H3,(H,17,18). The molecule has 4 nitrogen and oxygen atoms in total. The van der Waals surface area contributed by atoms with E-state index in [-0.39, 0.29) is 5.75 Å². The van der Waals surface area contributed by atoms with Crippen molar-refractivity contribution in [1.82, 2.24) is 9.97 Å². The molecule has 96 valence electrons. The molecule has 0 amide bonds. The van der Waals surface area contributed by atoms with Crippen molar-refractivity contribution >= 4 is 16.7 Å². The van der Waals surface area contributed by atoms with Crippen molar-refractivity contribution in [2.75, 3.05) is 5.73 Å². The Kier molecular flexibility index (Phi) is 2.45. The first-order chi connectivity index (χ1) is 9.04. The molecule has 0 unspecified atom stereocenters. The average Bonchev–Trinajstić information content (AvgIpc) is 2.72. The number of phenolic OH excluding ortho intramolecular Hbond substituents is 1. The number of hydrogen-bond acceptors (Lipinski definition) is 3. The van der Waals surface area contributed by atoms with E-state index in [0.717, 1.165) is 16.6 Å². The van der Waals surface area contributed by atoms with Crippen LogP contribution in [-0.2, 0) is 0 Å². The van der Waals surface area contributed by atoms with Crippen LogP contribution < -0.4 is 5.73 Å². The SMILES string of the molecule is Cc1cc(C)c2nc(-c3ccc(N)cc3O)[nH]c2c1. The third-order valence-electron chi connectivity index (χ3n) is 3.20. The van der Waals surface area contributed by atoms with Gasteiger partial charge in [-0.25, -0.2) is 4.98 Å². The molecule has 0 aliphatic rings. The Bertz CT molecular complexity index is 774. The summed E-state index contributed by atoms with van der Waals surface area (Å²) in [6, 6.07) is 9.19. The van der Waals surface area contributed by atoms with Crippen molar-refractivity contribution < 1.29 is 5.11 Å². The van der Waals surface area contributed by atoms with Gasteiger partial charge in [-0.15, -0.1) is 0 Å². The quantitative estimate of drug-likeness (QED) is 0.583. The van der Waals surface area contributed by atoms with E-state index in [4.69, 9.17) is 5.73 Å². The highest BCUT2D eigenvalue weighted by Crippen LogP contribution is 2.31. The zero-order valence-electron chi connectivity index (χ0n) is 10.9. The summed E-state index contributed by atoms with van der Waals surface area (Å²) < 4.78 is 0. The molecular formula is C15H15N3O. The van der Waals surface area contributed by atoms with Gasteiger partial charge >= 0.3 is 0 Å². The van der Waals surface area contributed by atoms with Crippen LogP contribution >= 0.6 is 0 Å². The number of aromatic hydroxyl groups is 1. The minimum Gasteiger partial charge on any atom is -0.507 e. The second-order valence-electron chi connectivity index (χ2n) is 4.84. The summed E-state index contributed by atoms with van der Waals surface area (Å²) in [7, 11) is 0. The fourth-order valence-electron chi connectivity index (χ4n) is 2.35. The predicted molar refractivity (Wildman–Crippen MR) is 77.1 cm³/mol. The fraction of sp³-hybridized carbons (Fsp3) is 0.133. The summed E-state index contributed by atoms with van der Waals surface area (Å²) in [4.78, 5) is 7.80. The Morgan fingerprint density at radius 1 is 1.16 bits per heavy atom. The van der Waals surface area contributed by atoms with Gasteiger partial charge in [-0.05, 0) is 43.2 Å². The summed E-state index contributed by atoms with van der Waals surface area (Å²) in [6.07, 6.45) is 0. The van der Waals surface area contributed by atoms with Gasteiger partial charge in [0, 0.05) is 11.8 Å². The Morgan fingerprint density at radius 2 is 1.95 bits per heavy atom. The number of rotatable bonds is 1. The summed E-state index contributed by atoms with van der Waals surface area (Å²) in [5.41, 5.74) is 11.0. The predicted octanol–water partition coefficient (Wildman–Crippen LogP) is 3.13. The number of nitrogens with two attached hydrogens (primary N) is 1. The zero-order chi connectivity index (χ0) is 13.6. The van der Waals surface area contributed by atoms with Crippen molar-refractivity contribution in [3.05, 3.63) is 41.5 Å². The van der Waals surface area contributed by atoms with E-state index in [0.29, 0.717) is 17.1 Å². The molecule has 0 spiro atoms. The molecule has 0 atom stereocenters. The van der Waals surface area contributed by atoms with Crippen molar-refractivity contribution in [2.45, 2.75) is 13.8 Å². The van der Waals surface area contributed by atoms with Crippen molar-refractivity contribution in [1.29, 1.82) is 0 Å². The molecule has 0 aliphatic carbocycles. The molecule has 3 aromatic rings. The monoisotopic (exact) mass is 253 g/mol. The highest BCUT2D eigenvalue weighted by Gasteiger charge is 2.11. The molecule has 0 bridgehead atoms. The van der Waals surface area contributed by atoms with Crippen molar-refractivity contribution in [3.8, 4) is 17.1 Å². The van der Waals surface area contributed by atoms with E-state index in [1.165, 1.54) is 11.6 Å². The lowest BCUT2D eigenvalue weighted by Gasteiger charge is -2.01. The normalized spacial score (nSPS) is 11.1. The largest absolute Gasteiger partial charge is 0.507 e. The molecule has 0 fully saturated rings. The second kappa shape index (κ2) is 4.02. The number of aromatic nitrogens is 2. The lowest BCUT2D eigenvalue weighted by atomic mass is 10.1. The van der Waals surface area contributed by atoms with Crippen LogP contribution in [0.5, 0.6) is 5.75 Å². The molecule has 2 aromatic carbocycles. The van der Waals surface area contributed by atoms with E-state index >= 15 is 0 Å². The number of nitrogens with zero attached hydrogens (tertiary/aromatic N) is 1. The lowest BCUT2D eigenvalue weighted by molar-refractivity contribution is 0.477. The minimum absolute atomic E-state index is 0.133. The Labute approximate surface area is 110 Å². The van der Waals surface area contributed by atoms with E-state index in [1.807, 2.05) is 19.9 Å². The van der Waals surface area contributed by atoms with Crippen LogP contribution in [0.1, 0.15) is 11.1 Å². The Morgan fingerprint density at radius 3 is 2.68 bits per heavy atom. The van der Waals surface area contributed by atoms with Gasteiger partial charge in [-0.1, -0.05) is 6.07 Å². The molecule has 4 heteroatoms. The van der Waals surface area contributed by atoms with Crippen LogP contribution in [0.4, 0.5) is 5.69 Å². The average molecular weight is 253 g/mol. The molecular weight excluding hydrogens is 238 g/mol. The van der Waals surface area contributed by atoms with Gasteiger partial charge in [-0.2, -0.15) is 0 Å². The van der Waals surface area contributed by atoms with Crippen LogP contribution in [-0.4, -0.2) is 15.1 Å². The number of hydrogen-bond donors (Lipinski definition) is 3. The molecule has 0 radical (unpaired) electrons. The number of imidazole rings is 1. The van der Waals surface area contributed by atoms with Crippen LogP contribution in [0.2, 0.25) is 0 Å². The second-order valence-corrected chi connectivity index (χ2v) is 4.84. The minimum atomic E-state index is 0.133. The number of H-pyrrole nitrogens is 1. The molecule has 3 rings (SSSR count). The van der Waals surface area contributed by atoms with E-state index in [1.54, 1.807) is 12.1 Å². The third kappa shape index (κ3) is 1.91. The van der Waals surface area contributed by atoms with Gasteiger partial charge in [0.2, 0.25) is 0 Å². The summed E-state index contributed by atoms with van der Waals surface area (Å²) >= 11 is 0. The first-order valence-corrected chi connectivity index (χ1v) is 6.10. The maximum absolute atomic E-state index is 9.95. The highest BCUT2D eigenvalue weighted by molar-refractivity contribution is 5.84. The Hall–Kier alpha value is -2.49. The fourth-order valence-corrected chi connectivity index (χ4v) is 2.35. The number of benzene rings is 2. The number of anilines is 1. The molecule has 0 aliphatic heterocycles. The third-order valence-corrected chi connectivity index (χ3v) is 3.20. The summed E-state index contributed by atoms with van der Waals surface area (Å²) in [5, 5.41) is 9.95. The molecule has 0 saturated carbocycles. The van der Waals surface area contributed by atoms with Gasteiger partial charge < -0.3 is 15.8 Å². The van der Waals surface area contributed by atoms with Crippen LogP contribution in [0.15, 0.2) is 30.3 Å². The Balaban J connectivity index is 2.23. The number of nitrogen functional groups attached to an aromatic ring is 1. The van der Waals surface area contributed by atoms with Gasteiger partial charge in [0.1, 0.15) is 11.6 Å². The van der Waals surface area contributed by atoms with Gasteiger partial charge in [0.25, 0.3) is 0 Å². The maximum atomic E-state index is 9.95. The van der Waals surface area contributed by atoms with Crippen LogP contribution in [0.25, 0.3) is 22.4 Å². The molecule has 4 N–H and O–H groups in total. The van der Waals surface area contributed by atoms with Crippen molar-refractivity contribution in [2.24, 2.45) is 0 Å². The number of aryl methyl sites for hydroxylation is 2. The first kappa shape index (κ1) is 11.6. The van der Waals surface area contributed by atoms with Crippen LogP contribution in [0, 0.1) is 13.8 Å². The first-order valence-electron chi connectivity index (χ1n) is 6.10. The molecule has 19 heavy (non-hydrogen) atoms. The van der Waals surface area contributed by atoms with Crippen molar-refractivity contribution in [3.63, 3.8) is 0 Å².